The van der Waals surface area contributed by atoms with E-state index in [0.29, 0.717) is 11.6 Å². The van der Waals surface area contributed by atoms with Crippen molar-refractivity contribution in [3.63, 3.8) is 0 Å². The minimum atomic E-state index is -0.867. The van der Waals surface area contributed by atoms with Crippen LogP contribution >= 0.6 is 0 Å². The standard InChI is InChI=1S/C15H23NO2/c1-4-14(5-2)16(6-3)11-12-7-9-13(10-8-12)15(17)18/h7-10,14H,4-6,11H2,1-3H3,(H,17,18). The molecule has 0 aromatic heterocycles. The summed E-state index contributed by atoms with van der Waals surface area (Å²) in [6, 6.07) is 7.79. The molecule has 0 aliphatic carbocycles. The minimum absolute atomic E-state index is 0.351. The van der Waals surface area contributed by atoms with Crippen LogP contribution in [0.5, 0.6) is 0 Å². The molecule has 18 heavy (non-hydrogen) atoms. The summed E-state index contributed by atoms with van der Waals surface area (Å²) in [7, 11) is 0. The Morgan fingerprint density at radius 2 is 1.72 bits per heavy atom. The van der Waals surface area contributed by atoms with E-state index >= 15 is 0 Å². The number of rotatable bonds is 7. The Morgan fingerprint density at radius 3 is 2.11 bits per heavy atom. The van der Waals surface area contributed by atoms with Crippen LogP contribution < -0.4 is 0 Å². The lowest BCUT2D eigenvalue weighted by atomic mass is 10.1. The molecule has 100 valence electrons. The maximum absolute atomic E-state index is 10.8. The van der Waals surface area contributed by atoms with Crippen molar-refractivity contribution in [3.8, 4) is 0 Å². The van der Waals surface area contributed by atoms with Crippen LogP contribution in [0.25, 0.3) is 0 Å². The van der Waals surface area contributed by atoms with Crippen molar-refractivity contribution >= 4 is 5.97 Å². The van der Waals surface area contributed by atoms with Gasteiger partial charge in [-0.15, -0.1) is 0 Å². The molecule has 0 aliphatic rings. The van der Waals surface area contributed by atoms with Crippen LogP contribution in [0.2, 0.25) is 0 Å². The number of hydrogen-bond acceptors (Lipinski definition) is 2. The fourth-order valence-electron chi connectivity index (χ4n) is 2.29. The van der Waals surface area contributed by atoms with Gasteiger partial charge in [-0.2, -0.15) is 0 Å². The Balaban J connectivity index is 2.72. The second kappa shape index (κ2) is 7.17. The summed E-state index contributed by atoms with van der Waals surface area (Å²) in [4.78, 5) is 13.2. The topological polar surface area (TPSA) is 40.5 Å². The van der Waals surface area contributed by atoms with E-state index in [1.165, 1.54) is 5.56 Å². The molecule has 0 heterocycles. The average molecular weight is 249 g/mol. The molecule has 0 fully saturated rings. The Bertz CT molecular complexity index is 369. The molecular weight excluding hydrogens is 226 g/mol. The van der Waals surface area contributed by atoms with Gasteiger partial charge in [0.15, 0.2) is 0 Å². The maximum atomic E-state index is 10.8. The number of benzene rings is 1. The van der Waals surface area contributed by atoms with Gasteiger partial charge in [0.25, 0.3) is 0 Å². The first-order chi connectivity index (χ1) is 8.62. The highest BCUT2D eigenvalue weighted by Gasteiger charge is 2.13. The Hall–Kier alpha value is -1.35. The SMILES string of the molecule is CCC(CC)N(CC)Cc1ccc(C(=O)O)cc1. The molecule has 3 nitrogen and oxygen atoms in total. The molecule has 3 heteroatoms. The first kappa shape index (κ1) is 14.7. The third-order valence-corrected chi connectivity index (χ3v) is 3.45. The summed E-state index contributed by atoms with van der Waals surface area (Å²) >= 11 is 0. The van der Waals surface area contributed by atoms with Gasteiger partial charge in [-0.05, 0) is 37.1 Å². The lowest BCUT2D eigenvalue weighted by Crippen LogP contribution is -2.33. The minimum Gasteiger partial charge on any atom is -0.478 e. The molecule has 0 saturated heterocycles. The monoisotopic (exact) mass is 249 g/mol. The Kier molecular flexibility index (Phi) is 5.86. The lowest BCUT2D eigenvalue weighted by Gasteiger charge is -2.29. The molecule has 0 atom stereocenters. The second-order valence-electron chi connectivity index (χ2n) is 4.54. The van der Waals surface area contributed by atoms with Crippen molar-refractivity contribution in [2.45, 2.75) is 46.2 Å². The van der Waals surface area contributed by atoms with Crippen LogP contribution in [0.15, 0.2) is 24.3 Å². The molecule has 1 aromatic carbocycles. The summed E-state index contributed by atoms with van der Waals surface area (Å²) in [5.74, 6) is -0.867. The molecular formula is C15H23NO2. The van der Waals surface area contributed by atoms with Crippen molar-refractivity contribution in [1.82, 2.24) is 4.90 Å². The first-order valence-corrected chi connectivity index (χ1v) is 6.68. The fraction of sp³-hybridized carbons (Fsp3) is 0.533. The van der Waals surface area contributed by atoms with Crippen LogP contribution in [0, 0.1) is 0 Å². The number of carbonyl (C=O) groups is 1. The molecule has 1 rings (SSSR count). The van der Waals surface area contributed by atoms with Crippen LogP contribution in [0.3, 0.4) is 0 Å². The number of aromatic carboxylic acids is 1. The van der Waals surface area contributed by atoms with Gasteiger partial charge >= 0.3 is 5.97 Å². The largest absolute Gasteiger partial charge is 0.478 e. The second-order valence-corrected chi connectivity index (χ2v) is 4.54. The highest BCUT2D eigenvalue weighted by atomic mass is 16.4. The van der Waals surface area contributed by atoms with E-state index in [-0.39, 0.29) is 0 Å². The van der Waals surface area contributed by atoms with E-state index in [9.17, 15) is 4.79 Å². The Morgan fingerprint density at radius 1 is 1.17 bits per heavy atom. The van der Waals surface area contributed by atoms with Crippen molar-refractivity contribution in [2.24, 2.45) is 0 Å². The van der Waals surface area contributed by atoms with Crippen molar-refractivity contribution in [1.29, 1.82) is 0 Å². The zero-order valence-corrected chi connectivity index (χ0v) is 11.5. The van der Waals surface area contributed by atoms with Crippen molar-refractivity contribution < 1.29 is 9.90 Å². The van der Waals surface area contributed by atoms with Crippen LogP contribution in [0.1, 0.15) is 49.5 Å². The molecule has 0 bridgehead atoms. The van der Waals surface area contributed by atoms with Gasteiger partial charge in [0.2, 0.25) is 0 Å². The molecule has 0 aliphatic heterocycles. The summed E-state index contributed by atoms with van der Waals surface area (Å²) in [6.07, 6.45) is 2.30. The number of carboxylic acids is 1. The van der Waals surface area contributed by atoms with E-state index in [2.05, 4.69) is 25.7 Å². The molecule has 0 unspecified atom stereocenters. The number of carboxylic acid groups (broad SMARTS) is 1. The zero-order valence-electron chi connectivity index (χ0n) is 11.5. The average Bonchev–Trinajstić information content (AvgIpc) is 2.39. The molecule has 1 N–H and O–H groups in total. The quantitative estimate of drug-likeness (QED) is 0.805. The third kappa shape index (κ3) is 3.84. The predicted octanol–water partition coefficient (Wildman–Crippen LogP) is 3.40. The van der Waals surface area contributed by atoms with E-state index in [0.717, 1.165) is 25.9 Å². The van der Waals surface area contributed by atoms with Gasteiger partial charge in [-0.25, -0.2) is 4.79 Å². The van der Waals surface area contributed by atoms with Gasteiger partial charge in [-0.3, -0.25) is 4.90 Å². The number of nitrogens with zero attached hydrogens (tertiary/aromatic N) is 1. The smallest absolute Gasteiger partial charge is 0.335 e. The fourth-order valence-corrected chi connectivity index (χ4v) is 2.29. The van der Waals surface area contributed by atoms with Crippen LogP contribution in [-0.4, -0.2) is 28.6 Å². The Labute approximate surface area is 109 Å². The van der Waals surface area contributed by atoms with Crippen molar-refractivity contribution in [2.75, 3.05) is 6.54 Å². The first-order valence-electron chi connectivity index (χ1n) is 6.68. The highest BCUT2D eigenvalue weighted by molar-refractivity contribution is 5.87. The van der Waals surface area contributed by atoms with Gasteiger partial charge in [-0.1, -0.05) is 32.9 Å². The highest BCUT2D eigenvalue weighted by Crippen LogP contribution is 2.14. The van der Waals surface area contributed by atoms with Crippen LogP contribution in [0.4, 0.5) is 0 Å². The predicted molar refractivity (Wildman–Crippen MR) is 73.9 cm³/mol. The van der Waals surface area contributed by atoms with E-state index in [4.69, 9.17) is 5.11 Å². The molecule has 0 amide bonds. The van der Waals surface area contributed by atoms with E-state index < -0.39 is 5.97 Å². The van der Waals surface area contributed by atoms with Gasteiger partial charge < -0.3 is 5.11 Å². The number of hydrogen-bond donors (Lipinski definition) is 1. The summed E-state index contributed by atoms with van der Waals surface area (Å²) in [6.45, 7) is 8.51. The molecule has 0 spiro atoms. The molecule has 0 radical (unpaired) electrons. The van der Waals surface area contributed by atoms with E-state index in [1.807, 2.05) is 12.1 Å². The van der Waals surface area contributed by atoms with Gasteiger partial charge in [0.1, 0.15) is 0 Å². The van der Waals surface area contributed by atoms with Crippen molar-refractivity contribution in [3.05, 3.63) is 35.4 Å². The summed E-state index contributed by atoms with van der Waals surface area (Å²) in [5.41, 5.74) is 1.53. The van der Waals surface area contributed by atoms with Gasteiger partial charge in [0, 0.05) is 12.6 Å². The lowest BCUT2D eigenvalue weighted by molar-refractivity contribution is 0.0697. The summed E-state index contributed by atoms with van der Waals surface area (Å²) in [5, 5.41) is 8.86. The van der Waals surface area contributed by atoms with Gasteiger partial charge in [0.05, 0.1) is 5.56 Å². The van der Waals surface area contributed by atoms with E-state index in [1.54, 1.807) is 12.1 Å². The molecule has 0 saturated carbocycles. The zero-order chi connectivity index (χ0) is 13.5. The van der Waals surface area contributed by atoms with Crippen LogP contribution in [-0.2, 0) is 6.54 Å². The normalized spacial score (nSPS) is 11.2. The third-order valence-electron chi connectivity index (χ3n) is 3.45. The maximum Gasteiger partial charge on any atom is 0.335 e. The molecule has 1 aromatic rings. The summed E-state index contributed by atoms with van der Waals surface area (Å²) < 4.78 is 0.